The smallest absolute Gasteiger partial charge is 0.303 e. The predicted molar refractivity (Wildman–Crippen MR) is 163 cm³/mol. The first-order valence-corrected chi connectivity index (χ1v) is 15.1. The van der Waals surface area contributed by atoms with Crippen molar-refractivity contribution in [2.45, 2.75) is 76.6 Å². The molecule has 0 aliphatic carbocycles. The Morgan fingerprint density at radius 2 is 1.65 bits per heavy atom. The van der Waals surface area contributed by atoms with E-state index >= 15 is 0 Å². The molecule has 0 unspecified atom stereocenters. The molecule has 0 spiro atoms. The fourth-order valence-corrected chi connectivity index (χ4v) is 5.14. The van der Waals surface area contributed by atoms with E-state index in [1.807, 2.05) is 72.9 Å². The number of carboxylic acids is 1. The van der Waals surface area contributed by atoms with E-state index in [4.69, 9.17) is 14.6 Å². The van der Waals surface area contributed by atoms with Crippen LogP contribution in [-0.2, 0) is 38.6 Å². The number of pyridine rings is 1. The molecule has 1 aliphatic heterocycles. The van der Waals surface area contributed by atoms with Gasteiger partial charge in [0.1, 0.15) is 0 Å². The van der Waals surface area contributed by atoms with Crippen LogP contribution in [0.25, 0.3) is 0 Å². The lowest BCUT2D eigenvalue weighted by Crippen LogP contribution is -2.38. The van der Waals surface area contributed by atoms with Gasteiger partial charge in [-0.3, -0.25) is 14.6 Å². The van der Waals surface area contributed by atoms with E-state index in [0.717, 1.165) is 53.9 Å². The highest BCUT2D eigenvalue weighted by Crippen LogP contribution is 2.38. The predicted octanol–water partition coefficient (Wildman–Crippen LogP) is 4.95. The van der Waals surface area contributed by atoms with Crippen LogP contribution in [0.15, 0.2) is 72.9 Å². The third-order valence-electron chi connectivity index (χ3n) is 7.64. The van der Waals surface area contributed by atoms with Crippen molar-refractivity contribution in [3.63, 3.8) is 0 Å². The molecule has 2 heterocycles. The van der Waals surface area contributed by atoms with Crippen LogP contribution in [0.4, 0.5) is 0 Å². The van der Waals surface area contributed by atoms with Crippen molar-refractivity contribution >= 4 is 11.9 Å². The van der Waals surface area contributed by atoms with Crippen molar-refractivity contribution in [3.8, 4) is 0 Å². The van der Waals surface area contributed by atoms with Gasteiger partial charge in [-0.25, -0.2) is 0 Å². The molecule has 2 aromatic carbocycles. The Morgan fingerprint density at radius 1 is 0.930 bits per heavy atom. The van der Waals surface area contributed by atoms with Gasteiger partial charge in [-0.15, -0.1) is 0 Å². The summed E-state index contributed by atoms with van der Waals surface area (Å²) in [6.45, 7) is 2.03. The fraction of sp³-hybridized carbons (Fsp3) is 0.441. The number of ether oxygens (including phenoxy) is 2. The number of rotatable bonds is 16. The zero-order valence-electron chi connectivity index (χ0n) is 24.9. The number of aliphatic carboxylic acids is 1. The Kier molecular flexibility index (Phi) is 12.7. The summed E-state index contributed by atoms with van der Waals surface area (Å²) in [7, 11) is 2.10. The van der Waals surface area contributed by atoms with Crippen LogP contribution in [0.3, 0.4) is 0 Å². The molecule has 9 heteroatoms. The number of unbranched alkanes of at least 4 members (excludes halogenated alkanes) is 2. The molecule has 1 amide bonds. The van der Waals surface area contributed by atoms with Gasteiger partial charge in [-0.1, -0.05) is 61.0 Å². The average Bonchev–Trinajstić information content (AvgIpc) is 3.03. The monoisotopic (exact) mass is 589 g/mol. The quantitative estimate of drug-likeness (QED) is 0.201. The van der Waals surface area contributed by atoms with Crippen molar-refractivity contribution in [1.29, 1.82) is 0 Å². The maximum atomic E-state index is 12.2. The second kappa shape index (κ2) is 16.9. The summed E-state index contributed by atoms with van der Waals surface area (Å²) in [6, 6.07) is 21.8. The van der Waals surface area contributed by atoms with E-state index in [1.54, 1.807) is 0 Å². The lowest BCUT2D eigenvalue weighted by Gasteiger charge is -2.38. The van der Waals surface area contributed by atoms with Gasteiger partial charge in [0.25, 0.3) is 0 Å². The molecule has 0 saturated carbocycles. The van der Waals surface area contributed by atoms with Gasteiger partial charge in [-0.05, 0) is 48.7 Å². The van der Waals surface area contributed by atoms with Crippen LogP contribution in [0.5, 0.6) is 0 Å². The number of aliphatic hydroxyl groups excluding tert-OH is 1. The van der Waals surface area contributed by atoms with Gasteiger partial charge in [-0.2, -0.15) is 0 Å². The second-order valence-corrected chi connectivity index (χ2v) is 11.2. The summed E-state index contributed by atoms with van der Waals surface area (Å²) in [6.07, 6.45) is 5.17. The Bertz CT molecular complexity index is 1270. The summed E-state index contributed by atoms with van der Waals surface area (Å²) >= 11 is 0. The molecule has 1 aromatic heterocycles. The van der Waals surface area contributed by atoms with E-state index in [-0.39, 0.29) is 31.1 Å². The Hall–Kier alpha value is -3.63. The molecule has 4 rings (SSSR count). The number of carboxylic acid groups (broad SMARTS) is 1. The third-order valence-corrected chi connectivity index (χ3v) is 7.64. The van der Waals surface area contributed by atoms with Crippen LogP contribution < -0.4 is 5.32 Å². The highest BCUT2D eigenvalue weighted by Gasteiger charge is 2.32. The van der Waals surface area contributed by atoms with Gasteiger partial charge in [0.05, 0.1) is 18.8 Å². The molecule has 1 aliphatic rings. The van der Waals surface area contributed by atoms with E-state index in [9.17, 15) is 14.7 Å². The van der Waals surface area contributed by atoms with Gasteiger partial charge >= 0.3 is 5.97 Å². The molecule has 9 nitrogen and oxygen atoms in total. The van der Waals surface area contributed by atoms with Crippen LogP contribution in [0, 0.1) is 0 Å². The number of aliphatic hydroxyl groups is 1. The highest BCUT2D eigenvalue weighted by atomic mass is 16.7. The lowest BCUT2D eigenvalue weighted by molar-refractivity contribution is -0.252. The first-order valence-electron chi connectivity index (χ1n) is 15.1. The van der Waals surface area contributed by atoms with Crippen LogP contribution in [0.2, 0.25) is 0 Å². The number of carbonyl (C=O) groups excluding carboxylic acids is 1. The van der Waals surface area contributed by atoms with Gasteiger partial charge in [0.2, 0.25) is 5.91 Å². The summed E-state index contributed by atoms with van der Waals surface area (Å²) in [4.78, 5) is 29.5. The molecule has 1 saturated heterocycles. The minimum absolute atomic E-state index is 0.000820. The van der Waals surface area contributed by atoms with E-state index in [0.29, 0.717) is 32.2 Å². The molecule has 3 aromatic rings. The largest absolute Gasteiger partial charge is 0.481 e. The number of hydrogen-bond acceptors (Lipinski definition) is 7. The zero-order valence-corrected chi connectivity index (χ0v) is 24.9. The maximum Gasteiger partial charge on any atom is 0.303 e. The highest BCUT2D eigenvalue weighted by molar-refractivity contribution is 5.75. The average molecular weight is 590 g/mol. The summed E-state index contributed by atoms with van der Waals surface area (Å²) < 4.78 is 13.0. The fourth-order valence-electron chi connectivity index (χ4n) is 5.14. The molecule has 0 bridgehead atoms. The van der Waals surface area contributed by atoms with Crippen molar-refractivity contribution in [3.05, 3.63) is 101 Å². The molecule has 3 atom stereocenters. The first kappa shape index (κ1) is 32.3. The molecule has 3 N–H and O–H groups in total. The molecule has 43 heavy (non-hydrogen) atoms. The normalized spacial score (nSPS) is 18.4. The standard InChI is InChI=1S/C34H43N3O6/c1-37(20-18-29-7-5-6-19-35-29)23-30-21-31(27-14-12-26(24-38)13-15-27)43-34(42-30)28-16-10-25(11-17-28)22-36-32(39)8-3-2-4-9-33(40)41/h5-7,10-17,19,30-31,34,38H,2-4,8-9,18,20-24H2,1H3,(H,36,39)(H,40,41)/t30-,31+,34+/m1/s1. The molecule has 0 radical (unpaired) electrons. The lowest BCUT2D eigenvalue weighted by atomic mass is 9.99. The molecule has 230 valence electrons. The third kappa shape index (κ3) is 10.9. The SMILES string of the molecule is CN(CCc1ccccn1)C[C@H]1C[C@@H](c2ccc(CO)cc2)O[C@@H](c2ccc(CNC(=O)CCCCCC(=O)O)cc2)O1. The Morgan fingerprint density at radius 3 is 2.35 bits per heavy atom. The minimum atomic E-state index is -0.802. The van der Waals surface area contributed by atoms with Gasteiger partial charge in [0, 0.05) is 62.8 Å². The molecular weight excluding hydrogens is 546 g/mol. The second-order valence-electron chi connectivity index (χ2n) is 11.2. The van der Waals surface area contributed by atoms with Gasteiger partial charge < -0.3 is 29.9 Å². The Balaban J connectivity index is 1.34. The van der Waals surface area contributed by atoms with Gasteiger partial charge in [0.15, 0.2) is 6.29 Å². The summed E-state index contributed by atoms with van der Waals surface area (Å²) in [5.41, 5.74) is 4.86. The number of nitrogens with zero attached hydrogens (tertiary/aromatic N) is 2. The topological polar surface area (TPSA) is 121 Å². The maximum absolute atomic E-state index is 12.2. The number of aromatic nitrogens is 1. The minimum Gasteiger partial charge on any atom is -0.481 e. The summed E-state index contributed by atoms with van der Waals surface area (Å²) in [5, 5.41) is 21.1. The van der Waals surface area contributed by atoms with E-state index in [1.165, 1.54) is 0 Å². The Labute approximate surface area is 253 Å². The number of benzene rings is 2. The van der Waals surface area contributed by atoms with E-state index < -0.39 is 12.3 Å². The first-order chi connectivity index (χ1) is 20.9. The summed E-state index contributed by atoms with van der Waals surface area (Å²) in [5.74, 6) is -0.841. The van der Waals surface area contributed by atoms with Crippen molar-refractivity contribution in [2.24, 2.45) is 0 Å². The molecular formula is C34H43N3O6. The molecule has 1 fully saturated rings. The number of hydrogen-bond donors (Lipinski definition) is 3. The number of amides is 1. The van der Waals surface area contributed by atoms with Crippen LogP contribution in [-0.4, -0.2) is 58.2 Å². The van der Waals surface area contributed by atoms with Crippen LogP contribution in [0.1, 0.15) is 78.9 Å². The van der Waals surface area contributed by atoms with Crippen LogP contribution >= 0.6 is 0 Å². The van der Waals surface area contributed by atoms with E-state index in [2.05, 4.69) is 22.2 Å². The number of carbonyl (C=O) groups is 2. The van der Waals surface area contributed by atoms with Crippen molar-refractivity contribution in [1.82, 2.24) is 15.2 Å². The van der Waals surface area contributed by atoms with Crippen molar-refractivity contribution in [2.75, 3.05) is 20.1 Å². The number of nitrogens with one attached hydrogen (secondary N) is 1. The zero-order chi connectivity index (χ0) is 30.4. The number of likely N-dealkylation sites (N-methyl/N-ethyl adjacent to an activating group) is 1. The van der Waals surface area contributed by atoms with Crippen molar-refractivity contribution < 1.29 is 29.3 Å².